The van der Waals surface area contributed by atoms with E-state index in [9.17, 15) is 0 Å². The van der Waals surface area contributed by atoms with Crippen molar-refractivity contribution in [3.8, 4) is 0 Å². The lowest BCUT2D eigenvalue weighted by molar-refractivity contribution is 0.00578. The predicted octanol–water partition coefficient (Wildman–Crippen LogP) is 2.13. The van der Waals surface area contributed by atoms with Gasteiger partial charge in [0.15, 0.2) is 0 Å². The highest BCUT2D eigenvalue weighted by Crippen LogP contribution is 2.37. The highest BCUT2D eigenvalue weighted by Gasteiger charge is 2.52. The van der Waals surface area contributed by atoms with Gasteiger partial charge in [0, 0.05) is 17.0 Å². The first-order valence-electron chi connectivity index (χ1n) is 6.08. The van der Waals surface area contributed by atoms with Crippen LogP contribution in [0.25, 0.3) is 11.1 Å². The first-order chi connectivity index (χ1) is 8.41. The zero-order valence-corrected chi connectivity index (χ0v) is 11.1. The molecule has 1 aliphatic heterocycles. The molecule has 0 aliphatic carbocycles. The second-order valence-corrected chi connectivity index (χ2v) is 5.64. The molecule has 1 fully saturated rings. The van der Waals surface area contributed by atoms with Crippen molar-refractivity contribution in [2.24, 2.45) is 0 Å². The molecular weight excluding hydrogens is 229 g/mol. The maximum atomic E-state index is 6.01. The van der Waals surface area contributed by atoms with E-state index in [0.29, 0.717) is 5.71 Å². The van der Waals surface area contributed by atoms with Crippen LogP contribution in [-0.2, 0) is 9.31 Å². The maximum absolute atomic E-state index is 6.01. The van der Waals surface area contributed by atoms with Crippen LogP contribution in [0.4, 0.5) is 0 Å². The molecule has 1 aliphatic rings. The Kier molecular flexibility index (Phi) is 2.34. The van der Waals surface area contributed by atoms with Crippen molar-refractivity contribution in [2.75, 3.05) is 0 Å². The molecule has 1 saturated heterocycles. The highest BCUT2D eigenvalue weighted by molar-refractivity contribution is 6.65. The summed E-state index contributed by atoms with van der Waals surface area (Å²) in [5.74, 6) is 0. The molecular formula is C13H16BNO3. The molecule has 3 rings (SSSR count). The van der Waals surface area contributed by atoms with Gasteiger partial charge in [-0.2, -0.15) is 0 Å². The first kappa shape index (κ1) is 11.7. The number of fused-ring (bicyclic) bond motifs is 1. The fourth-order valence-corrected chi connectivity index (χ4v) is 2.04. The standard InChI is InChI=1S/C13H16BNO3/c1-12(2)13(3,4)18-14(17-12)10-8-16-11-9(10)6-5-7-15-11/h5-8H,1-4H3. The van der Waals surface area contributed by atoms with Gasteiger partial charge in [-0.15, -0.1) is 0 Å². The number of hydrogen-bond acceptors (Lipinski definition) is 4. The van der Waals surface area contributed by atoms with Gasteiger partial charge < -0.3 is 13.7 Å². The quantitative estimate of drug-likeness (QED) is 0.722. The van der Waals surface area contributed by atoms with Crippen molar-refractivity contribution in [1.29, 1.82) is 0 Å². The van der Waals surface area contributed by atoms with Crippen molar-refractivity contribution in [1.82, 2.24) is 4.98 Å². The van der Waals surface area contributed by atoms with E-state index in [0.717, 1.165) is 10.8 Å². The first-order valence-corrected chi connectivity index (χ1v) is 6.08. The van der Waals surface area contributed by atoms with E-state index in [1.54, 1.807) is 12.5 Å². The van der Waals surface area contributed by atoms with Crippen LogP contribution in [0, 0.1) is 0 Å². The molecule has 0 atom stereocenters. The number of pyridine rings is 1. The number of rotatable bonds is 1. The number of furan rings is 1. The topological polar surface area (TPSA) is 44.5 Å². The Morgan fingerprint density at radius 2 is 1.78 bits per heavy atom. The van der Waals surface area contributed by atoms with Crippen LogP contribution in [0.5, 0.6) is 0 Å². The summed E-state index contributed by atoms with van der Waals surface area (Å²) in [5.41, 5.74) is 0.825. The second kappa shape index (κ2) is 3.59. The minimum atomic E-state index is -0.402. The summed E-state index contributed by atoms with van der Waals surface area (Å²) >= 11 is 0. The van der Waals surface area contributed by atoms with Gasteiger partial charge in [-0.05, 0) is 39.8 Å². The van der Waals surface area contributed by atoms with Crippen molar-refractivity contribution in [2.45, 2.75) is 38.9 Å². The number of nitrogens with zero attached hydrogens (tertiary/aromatic N) is 1. The molecule has 94 valence electrons. The van der Waals surface area contributed by atoms with Crippen LogP contribution in [0.2, 0.25) is 0 Å². The summed E-state index contributed by atoms with van der Waals surface area (Å²) in [6, 6.07) is 3.85. The van der Waals surface area contributed by atoms with Crippen LogP contribution in [0.1, 0.15) is 27.7 Å². The summed E-state index contributed by atoms with van der Waals surface area (Å²) in [4.78, 5) is 4.17. The summed E-state index contributed by atoms with van der Waals surface area (Å²) in [5, 5.41) is 0.941. The number of aromatic nitrogens is 1. The van der Waals surface area contributed by atoms with Gasteiger partial charge in [0.25, 0.3) is 0 Å². The smallest absolute Gasteiger partial charge is 0.446 e. The van der Waals surface area contributed by atoms with Crippen LogP contribution in [0.3, 0.4) is 0 Å². The normalized spacial score (nSPS) is 21.7. The lowest BCUT2D eigenvalue weighted by atomic mass is 9.79. The van der Waals surface area contributed by atoms with E-state index in [1.807, 2.05) is 39.8 Å². The van der Waals surface area contributed by atoms with Crippen molar-refractivity contribution >= 4 is 23.7 Å². The Bertz CT molecular complexity index is 575. The second-order valence-electron chi connectivity index (χ2n) is 5.64. The summed E-state index contributed by atoms with van der Waals surface area (Å²) in [6.45, 7) is 8.14. The molecule has 0 unspecified atom stereocenters. The largest absolute Gasteiger partial charge is 0.498 e. The fraction of sp³-hybridized carbons (Fsp3) is 0.462. The Hall–Kier alpha value is -1.33. The maximum Gasteiger partial charge on any atom is 0.498 e. The molecule has 0 saturated carbocycles. The fourth-order valence-electron chi connectivity index (χ4n) is 2.04. The summed E-state index contributed by atoms with van der Waals surface area (Å²) < 4.78 is 17.4. The summed E-state index contributed by atoms with van der Waals surface area (Å²) in [6.07, 6.45) is 3.37. The van der Waals surface area contributed by atoms with Gasteiger partial charge in [0.2, 0.25) is 5.71 Å². The monoisotopic (exact) mass is 245 g/mol. The lowest BCUT2D eigenvalue weighted by Crippen LogP contribution is -2.41. The van der Waals surface area contributed by atoms with Crippen molar-refractivity contribution < 1.29 is 13.7 Å². The average molecular weight is 245 g/mol. The van der Waals surface area contributed by atoms with Crippen LogP contribution >= 0.6 is 0 Å². The lowest BCUT2D eigenvalue weighted by Gasteiger charge is -2.32. The van der Waals surface area contributed by atoms with E-state index >= 15 is 0 Å². The van der Waals surface area contributed by atoms with Crippen LogP contribution < -0.4 is 5.46 Å². The molecule has 5 heteroatoms. The van der Waals surface area contributed by atoms with Gasteiger partial charge >= 0.3 is 7.12 Å². The van der Waals surface area contributed by atoms with Gasteiger partial charge in [-0.3, -0.25) is 0 Å². The third-order valence-electron chi connectivity index (χ3n) is 3.89. The van der Waals surface area contributed by atoms with Gasteiger partial charge in [0.1, 0.15) is 0 Å². The molecule has 2 aromatic rings. The average Bonchev–Trinajstić information content (AvgIpc) is 2.78. The third kappa shape index (κ3) is 1.58. The predicted molar refractivity (Wildman–Crippen MR) is 69.7 cm³/mol. The van der Waals surface area contributed by atoms with Gasteiger partial charge in [0.05, 0.1) is 17.5 Å². The molecule has 0 amide bonds. The Labute approximate surface area is 106 Å². The molecule has 0 N–H and O–H groups in total. The van der Waals surface area contributed by atoms with Gasteiger partial charge in [-0.1, -0.05) is 0 Å². The Balaban J connectivity index is 2.03. The van der Waals surface area contributed by atoms with Crippen molar-refractivity contribution in [3.05, 3.63) is 24.6 Å². The number of hydrogen-bond donors (Lipinski definition) is 0. The molecule has 0 radical (unpaired) electrons. The van der Waals surface area contributed by atoms with E-state index in [1.165, 1.54) is 0 Å². The minimum Gasteiger partial charge on any atom is -0.446 e. The molecule has 0 aromatic carbocycles. The molecule has 2 aromatic heterocycles. The SMILES string of the molecule is CC1(C)OB(c2coc3ncccc23)OC1(C)C. The van der Waals surface area contributed by atoms with Crippen LogP contribution in [0.15, 0.2) is 29.0 Å². The Morgan fingerprint density at radius 3 is 2.44 bits per heavy atom. The van der Waals surface area contributed by atoms with Crippen molar-refractivity contribution in [3.63, 3.8) is 0 Å². The molecule has 4 nitrogen and oxygen atoms in total. The molecule has 18 heavy (non-hydrogen) atoms. The zero-order valence-electron chi connectivity index (χ0n) is 11.1. The minimum absolute atomic E-state index is 0.344. The molecule has 3 heterocycles. The van der Waals surface area contributed by atoms with E-state index in [4.69, 9.17) is 13.7 Å². The molecule has 0 bridgehead atoms. The summed E-state index contributed by atoms with van der Waals surface area (Å²) in [7, 11) is -0.402. The van der Waals surface area contributed by atoms with E-state index in [2.05, 4.69) is 4.98 Å². The van der Waals surface area contributed by atoms with Gasteiger partial charge in [-0.25, -0.2) is 4.98 Å². The van der Waals surface area contributed by atoms with E-state index in [-0.39, 0.29) is 11.2 Å². The third-order valence-corrected chi connectivity index (χ3v) is 3.89. The molecule has 0 spiro atoms. The zero-order chi connectivity index (χ0) is 13.0. The Morgan fingerprint density at radius 1 is 1.11 bits per heavy atom. The highest BCUT2D eigenvalue weighted by atomic mass is 16.7. The van der Waals surface area contributed by atoms with Crippen LogP contribution in [-0.4, -0.2) is 23.3 Å². The van der Waals surface area contributed by atoms with E-state index < -0.39 is 7.12 Å².